The number of non-ortho nitro benzene ring substituents is 1. The van der Waals surface area contributed by atoms with Crippen molar-refractivity contribution in [2.24, 2.45) is 0 Å². The van der Waals surface area contributed by atoms with Crippen LogP contribution in [0.3, 0.4) is 0 Å². The Bertz CT molecular complexity index is 1160. The van der Waals surface area contributed by atoms with Crippen LogP contribution >= 0.6 is 11.3 Å². The van der Waals surface area contributed by atoms with Crippen molar-refractivity contribution in [1.29, 1.82) is 0 Å². The summed E-state index contributed by atoms with van der Waals surface area (Å²) in [7, 11) is 1.32. The average molecular weight is 452 g/mol. The van der Waals surface area contributed by atoms with E-state index in [4.69, 9.17) is 4.74 Å². The third-order valence-electron chi connectivity index (χ3n) is 5.34. The number of hydrogen-bond acceptors (Lipinski definition) is 7. The number of nitro groups is 1. The number of nitrogens with zero attached hydrogens (tertiary/aromatic N) is 2. The van der Waals surface area contributed by atoms with Gasteiger partial charge in [-0.1, -0.05) is 30.3 Å². The number of amides is 1. The molecule has 1 amide bonds. The molecular weight excluding hydrogens is 430 g/mol. The van der Waals surface area contributed by atoms with E-state index < -0.39 is 16.8 Å². The van der Waals surface area contributed by atoms with E-state index in [1.54, 1.807) is 0 Å². The molecule has 0 fully saturated rings. The zero-order chi connectivity index (χ0) is 22.7. The number of nitrogens with one attached hydrogen (secondary N) is 1. The molecule has 4 rings (SSSR count). The highest BCUT2D eigenvalue weighted by Crippen LogP contribution is 2.38. The van der Waals surface area contributed by atoms with Crippen LogP contribution in [0.25, 0.3) is 0 Å². The first-order chi connectivity index (χ1) is 15.5. The van der Waals surface area contributed by atoms with Gasteiger partial charge in [-0.2, -0.15) is 0 Å². The number of nitro benzene ring substituents is 1. The number of carbonyl (C=O) groups excluding carboxylic acids is 2. The Labute approximate surface area is 188 Å². The second kappa shape index (κ2) is 9.29. The molecule has 8 nitrogen and oxygen atoms in total. The molecule has 0 radical (unpaired) electrons. The lowest BCUT2D eigenvalue weighted by atomic mass is 10.0. The molecule has 1 aliphatic rings. The number of thiophene rings is 1. The van der Waals surface area contributed by atoms with Gasteiger partial charge in [0.2, 0.25) is 0 Å². The van der Waals surface area contributed by atoms with Gasteiger partial charge < -0.3 is 10.1 Å². The van der Waals surface area contributed by atoms with E-state index in [1.807, 2.05) is 18.2 Å². The molecule has 1 aliphatic heterocycles. The molecule has 3 aromatic rings. The number of anilines is 1. The molecule has 1 aromatic heterocycles. The molecule has 2 heterocycles. The summed E-state index contributed by atoms with van der Waals surface area (Å²) in [6.45, 7) is 2.26. The Kier molecular flexibility index (Phi) is 6.29. The second-order valence-corrected chi connectivity index (χ2v) is 8.51. The summed E-state index contributed by atoms with van der Waals surface area (Å²) < 4.78 is 4.98. The maximum Gasteiger partial charge on any atom is 0.341 e. The monoisotopic (exact) mass is 451 g/mol. The molecule has 2 aromatic carbocycles. The van der Waals surface area contributed by atoms with Crippen LogP contribution < -0.4 is 5.32 Å². The van der Waals surface area contributed by atoms with Crippen LogP contribution in [-0.2, 0) is 24.2 Å². The van der Waals surface area contributed by atoms with E-state index in [0.717, 1.165) is 23.5 Å². The quantitative estimate of drug-likeness (QED) is 0.341. The number of methoxy groups -OCH3 is 1. The first-order valence-corrected chi connectivity index (χ1v) is 10.8. The minimum atomic E-state index is -0.522. The number of carbonyl (C=O) groups is 2. The average Bonchev–Trinajstić information content (AvgIpc) is 3.16. The molecular formula is C23H21N3O5S. The van der Waals surface area contributed by atoms with Crippen molar-refractivity contribution in [1.82, 2.24) is 4.90 Å². The zero-order valence-electron chi connectivity index (χ0n) is 17.4. The van der Waals surface area contributed by atoms with Gasteiger partial charge in [0.05, 0.1) is 17.6 Å². The smallest absolute Gasteiger partial charge is 0.341 e. The summed E-state index contributed by atoms with van der Waals surface area (Å²) in [6, 6.07) is 15.5. The van der Waals surface area contributed by atoms with Crippen molar-refractivity contribution >= 4 is 33.9 Å². The fourth-order valence-corrected chi connectivity index (χ4v) is 5.02. The SMILES string of the molecule is COC(=O)c1c(NC(=O)c2ccc([N+](=O)[O-])cc2)sc2c1CCN(Cc1ccccc1)C2. The molecule has 32 heavy (non-hydrogen) atoms. The second-order valence-electron chi connectivity index (χ2n) is 7.40. The molecule has 0 spiro atoms. The summed E-state index contributed by atoms with van der Waals surface area (Å²) in [5, 5.41) is 14.1. The topological polar surface area (TPSA) is 102 Å². The summed E-state index contributed by atoms with van der Waals surface area (Å²) in [6.07, 6.45) is 0.677. The van der Waals surface area contributed by atoms with Gasteiger partial charge in [0, 0.05) is 42.2 Å². The van der Waals surface area contributed by atoms with Gasteiger partial charge in [0.1, 0.15) is 5.00 Å². The van der Waals surface area contributed by atoms with Gasteiger partial charge in [0.25, 0.3) is 11.6 Å². The number of rotatable bonds is 6. The molecule has 0 bridgehead atoms. The minimum Gasteiger partial charge on any atom is -0.465 e. The van der Waals surface area contributed by atoms with Gasteiger partial charge in [0.15, 0.2) is 0 Å². The minimum absolute atomic E-state index is 0.0955. The Hall–Kier alpha value is -3.56. The Morgan fingerprint density at radius 1 is 1.16 bits per heavy atom. The van der Waals surface area contributed by atoms with Gasteiger partial charge in [-0.3, -0.25) is 19.8 Å². The molecule has 9 heteroatoms. The number of fused-ring (bicyclic) bond motifs is 1. The maximum atomic E-state index is 12.7. The van der Waals surface area contributed by atoms with Crippen LogP contribution in [-0.4, -0.2) is 35.4 Å². The van der Waals surface area contributed by atoms with E-state index in [0.29, 0.717) is 23.5 Å². The zero-order valence-corrected chi connectivity index (χ0v) is 18.2. The molecule has 0 saturated carbocycles. The first-order valence-electron chi connectivity index (χ1n) is 10.0. The van der Waals surface area contributed by atoms with Crippen molar-refractivity contribution in [3.05, 3.63) is 91.8 Å². The van der Waals surface area contributed by atoms with E-state index in [-0.39, 0.29) is 11.3 Å². The van der Waals surface area contributed by atoms with Crippen molar-refractivity contribution in [2.75, 3.05) is 19.0 Å². The number of hydrogen-bond donors (Lipinski definition) is 1. The molecule has 0 aliphatic carbocycles. The molecule has 1 N–H and O–H groups in total. The first kappa shape index (κ1) is 21.7. The van der Waals surface area contributed by atoms with Crippen molar-refractivity contribution in [2.45, 2.75) is 19.5 Å². The van der Waals surface area contributed by atoms with Crippen LogP contribution in [0.2, 0.25) is 0 Å². The summed E-state index contributed by atoms with van der Waals surface area (Å²) in [5.74, 6) is -0.928. The molecule has 164 valence electrons. The molecule has 0 unspecified atom stereocenters. The lowest BCUT2D eigenvalue weighted by molar-refractivity contribution is -0.384. The summed E-state index contributed by atoms with van der Waals surface area (Å²) >= 11 is 1.37. The number of ether oxygens (including phenoxy) is 1. The van der Waals surface area contributed by atoms with Crippen LogP contribution in [0, 0.1) is 10.1 Å². The van der Waals surface area contributed by atoms with E-state index in [2.05, 4.69) is 22.3 Å². The van der Waals surface area contributed by atoms with E-state index >= 15 is 0 Å². The fourth-order valence-electron chi connectivity index (χ4n) is 3.75. The van der Waals surface area contributed by atoms with Crippen LogP contribution in [0.4, 0.5) is 10.7 Å². The highest BCUT2D eigenvalue weighted by atomic mass is 32.1. The normalized spacial score (nSPS) is 13.3. The molecule has 0 saturated heterocycles. The standard InChI is InChI=1S/C23H21N3O5S/c1-31-23(28)20-18-11-12-25(13-15-5-3-2-4-6-15)14-19(18)32-22(20)24-21(27)16-7-9-17(10-8-16)26(29)30/h2-10H,11-14H2,1H3,(H,24,27). The lowest BCUT2D eigenvalue weighted by Gasteiger charge is -2.27. The van der Waals surface area contributed by atoms with Crippen LogP contribution in [0.15, 0.2) is 54.6 Å². The highest BCUT2D eigenvalue weighted by molar-refractivity contribution is 7.17. The third-order valence-corrected chi connectivity index (χ3v) is 6.47. The summed E-state index contributed by atoms with van der Waals surface area (Å²) in [4.78, 5) is 38.9. The van der Waals surface area contributed by atoms with E-state index in [9.17, 15) is 19.7 Å². The van der Waals surface area contributed by atoms with Gasteiger partial charge in [-0.15, -0.1) is 11.3 Å². The number of benzene rings is 2. The van der Waals surface area contributed by atoms with Crippen molar-refractivity contribution < 1.29 is 19.2 Å². The lowest BCUT2D eigenvalue weighted by Crippen LogP contribution is -2.29. The Morgan fingerprint density at radius 2 is 1.88 bits per heavy atom. The van der Waals surface area contributed by atoms with Crippen LogP contribution in [0.1, 0.15) is 36.7 Å². The van der Waals surface area contributed by atoms with E-state index in [1.165, 1.54) is 48.3 Å². The Morgan fingerprint density at radius 3 is 2.53 bits per heavy atom. The van der Waals surface area contributed by atoms with Crippen molar-refractivity contribution in [3.8, 4) is 0 Å². The van der Waals surface area contributed by atoms with Gasteiger partial charge >= 0.3 is 5.97 Å². The summed E-state index contributed by atoms with van der Waals surface area (Å²) in [5.41, 5.74) is 2.69. The molecule has 0 atom stereocenters. The maximum absolute atomic E-state index is 12.7. The predicted octanol–water partition coefficient (Wildman–Crippen LogP) is 4.25. The van der Waals surface area contributed by atoms with Gasteiger partial charge in [-0.05, 0) is 29.7 Å². The van der Waals surface area contributed by atoms with Crippen molar-refractivity contribution in [3.63, 3.8) is 0 Å². The largest absolute Gasteiger partial charge is 0.465 e. The Balaban J connectivity index is 1.57. The predicted molar refractivity (Wildman–Crippen MR) is 121 cm³/mol. The van der Waals surface area contributed by atoms with Gasteiger partial charge in [-0.25, -0.2) is 4.79 Å². The third kappa shape index (κ3) is 4.53. The number of esters is 1. The fraction of sp³-hybridized carbons (Fsp3) is 0.217. The van der Waals surface area contributed by atoms with Crippen LogP contribution in [0.5, 0.6) is 0 Å². The highest BCUT2D eigenvalue weighted by Gasteiger charge is 2.29.